The molecule has 200 valence electrons. The van der Waals surface area contributed by atoms with Crippen LogP contribution >= 0.6 is 7.47 Å². The van der Waals surface area contributed by atoms with Gasteiger partial charge in [0.25, 0.3) is 18.6 Å². The Balaban J connectivity index is 1.39. The molecule has 0 spiro atoms. The Hall–Kier alpha value is -2.59. The minimum absolute atomic E-state index is 0.00673. The highest BCUT2D eigenvalue weighted by atomic mass is 31.2. The van der Waals surface area contributed by atoms with Gasteiger partial charge in [-0.1, -0.05) is 0 Å². The van der Waals surface area contributed by atoms with Crippen molar-refractivity contribution >= 4 is 15.0 Å². The van der Waals surface area contributed by atoms with Gasteiger partial charge in [-0.05, 0) is 13.8 Å². The number of aromatic nitrogens is 4. The molecule has 0 amide bonds. The summed E-state index contributed by atoms with van der Waals surface area (Å²) in [4.78, 5) is 51.8. The van der Waals surface area contributed by atoms with Gasteiger partial charge < -0.3 is 28.7 Å². The Bertz CT molecular complexity index is 1430. The number of hydrogen-bond acceptors (Lipinski definition) is 11. The Kier molecular flexibility index (Phi) is 7.90. The number of nitrogens with zero attached hydrogens (tertiary/aromatic N) is 2. The summed E-state index contributed by atoms with van der Waals surface area (Å²) < 4.78 is 37.0. The van der Waals surface area contributed by atoms with Crippen molar-refractivity contribution in [3.05, 3.63) is 65.2 Å². The van der Waals surface area contributed by atoms with E-state index in [0.29, 0.717) is 0 Å². The number of hydrogen-bond donors (Lipinski definition) is 4. The van der Waals surface area contributed by atoms with E-state index in [4.69, 9.17) is 26.1 Å². The maximum Gasteiger partial charge on any atom is 0.330 e. The first kappa shape index (κ1) is 27.4. The van der Waals surface area contributed by atoms with Crippen LogP contribution in [0.25, 0.3) is 0 Å². The maximum absolute atomic E-state index is 12.8. The zero-order valence-corrected chi connectivity index (χ0v) is 20.8. The molecule has 2 unspecified atom stereocenters. The van der Waals surface area contributed by atoms with E-state index in [2.05, 4.69) is 9.97 Å². The van der Waals surface area contributed by atoms with Crippen LogP contribution in [0.4, 0.5) is 0 Å². The van der Waals surface area contributed by atoms with E-state index in [-0.39, 0.29) is 24.0 Å². The molecule has 2 aromatic rings. The predicted molar refractivity (Wildman–Crippen MR) is 126 cm³/mol. The molecular formula is C20H26BN4O11P. The van der Waals surface area contributed by atoms with Gasteiger partial charge in [0.2, 0.25) is 7.57 Å². The molecule has 2 aliphatic rings. The summed E-state index contributed by atoms with van der Waals surface area (Å²) in [6.07, 6.45) is -3.46. The molecule has 0 bridgehead atoms. The number of ether oxygens (including phenoxy) is 2. The summed E-state index contributed by atoms with van der Waals surface area (Å²) >= 11 is 0. The van der Waals surface area contributed by atoms with Gasteiger partial charge in [0.1, 0.15) is 24.7 Å². The van der Waals surface area contributed by atoms with Crippen molar-refractivity contribution in [2.45, 2.75) is 63.6 Å². The van der Waals surface area contributed by atoms with E-state index < -0.39 is 80.1 Å². The first-order valence-corrected chi connectivity index (χ1v) is 12.9. The summed E-state index contributed by atoms with van der Waals surface area (Å²) in [5.41, 5.74) is -2.01. The fraction of sp³-hybridized carbons (Fsp3) is 0.600. The van der Waals surface area contributed by atoms with Gasteiger partial charge >= 0.3 is 11.4 Å². The molecule has 2 aromatic heterocycles. The van der Waals surface area contributed by atoms with Crippen molar-refractivity contribution in [1.82, 2.24) is 19.1 Å². The first-order valence-electron chi connectivity index (χ1n) is 11.3. The number of aliphatic hydroxyl groups is 2. The molecule has 2 radical (unpaired) electrons. The average molecular weight is 540 g/mol. The molecule has 0 saturated carbocycles. The lowest BCUT2D eigenvalue weighted by Crippen LogP contribution is -2.33. The number of aromatic amines is 2. The average Bonchev–Trinajstić information content (AvgIpc) is 3.39. The molecular weight excluding hydrogens is 514 g/mol. The highest BCUT2D eigenvalue weighted by molar-refractivity contribution is 7.79. The lowest BCUT2D eigenvalue weighted by Gasteiger charge is -2.24. The normalized spacial score (nSPS) is 29.4. The second kappa shape index (κ2) is 10.7. The first-order chi connectivity index (χ1) is 17.4. The lowest BCUT2D eigenvalue weighted by molar-refractivity contribution is -0.0512. The van der Waals surface area contributed by atoms with Gasteiger partial charge in [-0.25, -0.2) is 9.59 Å². The van der Waals surface area contributed by atoms with Gasteiger partial charge in [-0.15, -0.1) is 0 Å². The van der Waals surface area contributed by atoms with E-state index in [1.807, 2.05) is 0 Å². The van der Waals surface area contributed by atoms with Crippen LogP contribution in [0.3, 0.4) is 0 Å². The molecule has 2 fully saturated rings. The van der Waals surface area contributed by atoms with Crippen molar-refractivity contribution in [3.8, 4) is 0 Å². The zero-order chi connectivity index (χ0) is 27.1. The Morgan fingerprint density at radius 2 is 1.51 bits per heavy atom. The molecule has 2 aliphatic heterocycles. The standard InChI is InChI=1S/C20H26BN4O11P/c1-9-5-24(19(30)22-17(9)28)15-3-11(27)14(35-15)8-33-37(21,32)36-12-4-16(34-13(12)7-26)25-6-10(2)18(29)23-20(25)31/h5-6,11-16,26-27H,3-4,7-8H2,1-2H3,(H,22,28,30)(H,23,29,31)/t11?,12?,13-,14-,15-,16-,37-/m1/s1. The monoisotopic (exact) mass is 540 g/mol. The number of aryl methyl sites for hydroxylation is 2. The molecule has 0 aromatic carbocycles. The van der Waals surface area contributed by atoms with E-state index in [9.17, 15) is 34.0 Å². The molecule has 2 saturated heterocycles. The van der Waals surface area contributed by atoms with Crippen LogP contribution in [0.5, 0.6) is 0 Å². The maximum atomic E-state index is 12.8. The highest BCUT2D eigenvalue weighted by Crippen LogP contribution is 2.48. The summed E-state index contributed by atoms with van der Waals surface area (Å²) in [5, 5.41) is 20.0. The minimum Gasteiger partial charge on any atom is -0.394 e. The summed E-state index contributed by atoms with van der Waals surface area (Å²) in [6, 6.07) is 0. The van der Waals surface area contributed by atoms with Crippen LogP contribution in [0.2, 0.25) is 0 Å². The Labute approximate surface area is 209 Å². The third-order valence-electron chi connectivity index (χ3n) is 6.18. The van der Waals surface area contributed by atoms with Crippen molar-refractivity contribution < 1.29 is 33.3 Å². The number of rotatable bonds is 8. The third-order valence-corrected chi connectivity index (χ3v) is 7.25. The van der Waals surface area contributed by atoms with Crippen LogP contribution in [-0.2, 0) is 23.1 Å². The minimum atomic E-state index is -4.28. The quantitative estimate of drug-likeness (QED) is 0.220. The summed E-state index contributed by atoms with van der Waals surface area (Å²) in [6.45, 7) is 2.01. The molecule has 4 heterocycles. The third kappa shape index (κ3) is 5.96. The number of nitrogens with one attached hydrogen (secondary N) is 2. The number of H-pyrrole nitrogens is 2. The molecule has 37 heavy (non-hydrogen) atoms. The van der Waals surface area contributed by atoms with E-state index in [1.165, 1.54) is 26.2 Å². The zero-order valence-electron chi connectivity index (χ0n) is 19.9. The van der Waals surface area contributed by atoms with Gasteiger partial charge in [0, 0.05) is 36.4 Å². The van der Waals surface area contributed by atoms with Crippen LogP contribution in [0, 0.1) is 13.8 Å². The van der Waals surface area contributed by atoms with Gasteiger partial charge in [-0.2, -0.15) is 0 Å². The van der Waals surface area contributed by atoms with Gasteiger partial charge in [-0.3, -0.25) is 33.3 Å². The second-order valence-corrected chi connectivity index (χ2v) is 10.5. The Morgan fingerprint density at radius 1 is 1.00 bits per heavy atom. The van der Waals surface area contributed by atoms with Gasteiger partial charge in [0.05, 0.1) is 25.4 Å². The van der Waals surface area contributed by atoms with Crippen LogP contribution in [-0.4, -0.2) is 74.5 Å². The van der Waals surface area contributed by atoms with Crippen molar-refractivity contribution in [3.63, 3.8) is 0 Å². The predicted octanol–water partition coefficient (Wildman–Crippen LogP) is -1.69. The van der Waals surface area contributed by atoms with Crippen molar-refractivity contribution in [1.29, 1.82) is 0 Å². The van der Waals surface area contributed by atoms with E-state index >= 15 is 0 Å². The fourth-order valence-corrected chi connectivity index (χ4v) is 5.19. The molecule has 4 rings (SSSR count). The van der Waals surface area contributed by atoms with E-state index in [0.717, 1.165) is 9.13 Å². The lowest BCUT2D eigenvalue weighted by atomic mass is 10.2. The van der Waals surface area contributed by atoms with Crippen LogP contribution in [0.1, 0.15) is 36.4 Å². The van der Waals surface area contributed by atoms with Crippen molar-refractivity contribution in [2.24, 2.45) is 0 Å². The van der Waals surface area contributed by atoms with Crippen LogP contribution < -0.4 is 22.5 Å². The largest absolute Gasteiger partial charge is 0.394 e. The second-order valence-electron chi connectivity index (χ2n) is 8.92. The molecule has 0 aliphatic carbocycles. The molecule has 17 heteroatoms. The smallest absolute Gasteiger partial charge is 0.330 e. The fourth-order valence-electron chi connectivity index (χ4n) is 4.18. The van der Waals surface area contributed by atoms with Crippen LogP contribution in [0.15, 0.2) is 31.6 Å². The highest BCUT2D eigenvalue weighted by Gasteiger charge is 2.42. The summed E-state index contributed by atoms with van der Waals surface area (Å²) in [7, 11) is 1.45. The van der Waals surface area contributed by atoms with E-state index in [1.54, 1.807) is 0 Å². The van der Waals surface area contributed by atoms with Gasteiger partial charge in [0.15, 0.2) is 0 Å². The molecule has 7 atom stereocenters. The molecule has 4 N–H and O–H groups in total. The molecule has 15 nitrogen and oxygen atoms in total. The van der Waals surface area contributed by atoms with Crippen molar-refractivity contribution in [2.75, 3.05) is 13.2 Å². The summed E-state index contributed by atoms with van der Waals surface area (Å²) in [5.74, 6) is 0. The SMILES string of the molecule is [B][P@@](=O)(OC[C@H]1O[C@@H](n2cc(C)c(=O)[nH]c2=O)CC1O)OC1C[C@H](n2cc(C)c(=O)[nH]c2=O)O[C@@H]1CO. The Morgan fingerprint density at radius 3 is 2.05 bits per heavy atom. The number of aliphatic hydroxyl groups excluding tert-OH is 2. The topological polar surface area (TPSA) is 204 Å².